The van der Waals surface area contributed by atoms with E-state index in [1.165, 1.54) is 0 Å². The molecule has 2 heterocycles. The Morgan fingerprint density at radius 1 is 1.67 bits per heavy atom. The van der Waals surface area contributed by atoms with E-state index in [0.717, 1.165) is 37.9 Å². The molecule has 1 amide bonds. The van der Waals surface area contributed by atoms with Crippen LogP contribution in [0.2, 0.25) is 0 Å². The number of aryl methyl sites for hydroxylation is 1. The number of aliphatic hydroxyl groups is 1. The molecule has 1 aromatic heterocycles. The molecule has 18 heavy (non-hydrogen) atoms. The van der Waals surface area contributed by atoms with Gasteiger partial charge in [-0.2, -0.15) is 0 Å². The summed E-state index contributed by atoms with van der Waals surface area (Å²) < 4.78 is 5.07. The first-order valence-corrected chi connectivity index (χ1v) is 6.52. The molecular formula is C13H18N2O3. The molecule has 1 aliphatic heterocycles. The summed E-state index contributed by atoms with van der Waals surface area (Å²) in [6.45, 7) is 2.59. The second-order valence-corrected chi connectivity index (χ2v) is 5.46. The average Bonchev–Trinajstić information content (AvgIpc) is 2.80. The van der Waals surface area contributed by atoms with Gasteiger partial charge in [-0.15, -0.1) is 0 Å². The molecule has 2 fully saturated rings. The smallest absolute Gasteiger partial charge is 0.230 e. The van der Waals surface area contributed by atoms with Gasteiger partial charge in [-0.1, -0.05) is 5.16 Å². The van der Waals surface area contributed by atoms with Crippen LogP contribution in [0.3, 0.4) is 0 Å². The van der Waals surface area contributed by atoms with E-state index in [4.69, 9.17) is 4.52 Å². The molecule has 0 radical (unpaired) electrons. The standard InChI is InChI=1S/C13H18N2O3/c1-9-7-10(18-14-9)8-12(16)15-6-2-3-11(15)13(17)4-5-13/h7,11,17H,2-6,8H2,1H3. The van der Waals surface area contributed by atoms with Gasteiger partial charge < -0.3 is 14.5 Å². The van der Waals surface area contributed by atoms with Crippen LogP contribution in [0, 0.1) is 6.92 Å². The van der Waals surface area contributed by atoms with Crippen molar-refractivity contribution in [3.05, 3.63) is 17.5 Å². The van der Waals surface area contributed by atoms with E-state index in [9.17, 15) is 9.90 Å². The van der Waals surface area contributed by atoms with E-state index in [1.807, 2.05) is 11.8 Å². The number of aromatic nitrogens is 1. The Labute approximate surface area is 106 Å². The van der Waals surface area contributed by atoms with Crippen LogP contribution in [-0.4, -0.2) is 39.3 Å². The van der Waals surface area contributed by atoms with Crippen LogP contribution in [0.25, 0.3) is 0 Å². The molecule has 1 atom stereocenters. The molecule has 1 aromatic rings. The Bertz CT molecular complexity index is 465. The zero-order valence-electron chi connectivity index (χ0n) is 10.6. The second-order valence-electron chi connectivity index (χ2n) is 5.46. The topological polar surface area (TPSA) is 66.6 Å². The monoisotopic (exact) mass is 250 g/mol. The molecule has 2 aliphatic rings. The second kappa shape index (κ2) is 4.09. The van der Waals surface area contributed by atoms with Gasteiger partial charge in [0.2, 0.25) is 5.91 Å². The molecule has 3 rings (SSSR count). The predicted octanol–water partition coefficient (Wildman–Crippen LogP) is 1.04. The number of hydrogen-bond acceptors (Lipinski definition) is 4. The lowest BCUT2D eigenvalue weighted by molar-refractivity contribution is -0.134. The third kappa shape index (κ3) is 2.03. The van der Waals surface area contributed by atoms with Crippen LogP contribution >= 0.6 is 0 Å². The first-order chi connectivity index (χ1) is 8.58. The van der Waals surface area contributed by atoms with Gasteiger partial charge in [0.25, 0.3) is 0 Å². The Balaban J connectivity index is 1.68. The third-order valence-corrected chi connectivity index (χ3v) is 3.96. The number of rotatable bonds is 3. The van der Waals surface area contributed by atoms with Crippen molar-refractivity contribution in [2.24, 2.45) is 0 Å². The van der Waals surface area contributed by atoms with Crippen molar-refractivity contribution in [1.29, 1.82) is 0 Å². The van der Waals surface area contributed by atoms with Gasteiger partial charge in [-0.25, -0.2) is 0 Å². The van der Waals surface area contributed by atoms with Gasteiger partial charge in [0, 0.05) is 12.6 Å². The fraction of sp³-hybridized carbons (Fsp3) is 0.692. The Hall–Kier alpha value is -1.36. The van der Waals surface area contributed by atoms with Crippen LogP contribution in [0.4, 0.5) is 0 Å². The van der Waals surface area contributed by atoms with Crippen LogP contribution in [0.15, 0.2) is 10.6 Å². The van der Waals surface area contributed by atoms with Crippen LogP contribution in [-0.2, 0) is 11.2 Å². The largest absolute Gasteiger partial charge is 0.388 e. The fourth-order valence-corrected chi connectivity index (χ4v) is 2.84. The Kier molecular flexibility index (Phi) is 2.66. The molecule has 0 spiro atoms. The SMILES string of the molecule is Cc1cc(CC(=O)N2CCCC2C2(O)CC2)on1. The highest BCUT2D eigenvalue weighted by Crippen LogP contribution is 2.44. The number of nitrogens with zero attached hydrogens (tertiary/aromatic N) is 2. The Morgan fingerprint density at radius 3 is 3.06 bits per heavy atom. The average molecular weight is 250 g/mol. The maximum Gasteiger partial charge on any atom is 0.230 e. The molecule has 1 saturated carbocycles. The van der Waals surface area contributed by atoms with Gasteiger partial charge in [-0.05, 0) is 32.6 Å². The summed E-state index contributed by atoms with van der Waals surface area (Å²) in [5.41, 5.74) is 0.181. The van der Waals surface area contributed by atoms with Gasteiger partial charge >= 0.3 is 0 Å². The van der Waals surface area contributed by atoms with E-state index in [2.05, 4.69) is 5.16 Å². The fourth-order valence-electron chi connectivity index (χ4n) is 2.84. The highest BCUT2D eigenvalue weighted by molar-refractivity contribution is 5.79. The van der Waals surface area contributed by atoms with E-state index in [1.54, 1.807) is 6.07 Å². The highest BCUT2D eigenvalue weighted by atomic mass is 16.5. The van der Waals surface area contributed by atoms with Gasteiger partial charge in [-0.3, -0.25) is 4.79 Å². The molecular weight excluding hydrogens is 232 g/mol. The summed E-state index contributed by atoms with van der Waals surface area (Å²) in [7, 11) is 0. The van der Waals surface area contributed by atoms with E-state index in [-0.39, 0.29) is 18.4 Å². The number of likely N-dealkylation sites (tertiary alicyclic amines) is 1. The van der Waals surface area contributed by atoms with E-state index in [0.29, 0.717) is 5.76 Å². The summed E-state index contributed by atoms with van der Waals surface area (Å²) in [5, 5.41) is 14.0. The number of carbonyl (C=O) groups excluding carboxylic acids is 1. The normalized spacial score (nSPS) is 25.4. The van der Waals surface area contributed by atoms with E-state index < -0.39 is 5.60 Å². The minimum absolute atomic E-state index is 0.00835. The molecule has 5 nitrogen and oxygen atoms in total. The summed E-state index contributed by atoms with van der Waals surface area (Å²) in [5.74, 6) is 0.639. The third-order valence-electron chi connectivity index (χ3n) is 3.96. The van der Waals surface area contributed by atoms with Crippen molar-refractivity contribution in [3.63, 3.8) is 0 Å². The molecule has 98 valence electrons. The van der Waals surface area contributed by atoms with E-state index >= 15 is 0 Å². The summed E-state index contributed by atoms with van der Waals surface area (Å²) in [6.07, 6.45) is 3.78. The van der Waals surface area contributed by atoms with Crippen LogP contribution in [0.1, 0.15) is 37.1 Å². The van der Waals surface area contributed by atoms with Crippen LogP contribution in [0.5, 0.6) is 0 Å². The van der Waals surface area contributed by atoms with Crippen molar-refractivity contribution in [2.45, 2.75) is 50.7 Å². The van der Waals surface area contributed by atoms with Crippen molar-refractivity contribution >= 4 is 5.91 Å². The molecule has 1 aliphatic carbocycles. The van der Waals surface area contributed by atoms with Gasteiger partial charge in [0.1, 0.15) is 5.76 Å². The Morgan fingerprint density at radius 2 is 2.44 bits per heavy atom. The quantitative estimate of drug-likeness (QED) is 0.870. The predicted molar refractivity (Wildman–Crippen MR) is 63.9 cm³/mol. The summed E-state index contributed by atoms with van der Waals surface area (Å²) >= 11 is 0. The van der Waals surface area contributed by atoms with Crippen molar-refractivity contribution in [2.75, 3.05) is 6.54 Å². The number of amides is 1. The summed E-state index contributed by atoms with van der Waals surface area (Å²) in [6, 6.07) is 1.79. The molecule has 1 N–H and O–H groups in total. The first kappa shape index (κ1) is 11.7. The molecule has 0 aromatic carbocycles. The lowest BCUT2D eigenvalue weighted by Gasteiger charge is -2.28. The van der Waals surface area contributed by atoms with Crippen LogP contribution < -0.4 is 0 Å². The minimum Gasteiger partial charge on any atom is -0.388 e. The molecule has 0 bridgehead atoms. The first-order valence-electron chi connectivity index (χ1n) is 6.52. The van der Waals surface area contributed by atoms with Gasteiger partial charge in [0.15, 0.2) is 0 Å². The maximum atomic E-state index is 12.2. The van der Waals surface area contributed by atoms with Crippen molar-refractivity contribution in [1.82, 2.24) is 10.1 Å². The highest BCUT2D eigenvalue weighted by Gasteiger charge is 2.52. The van der Waals surface area contributed by atoms with Gasteiger partial charge in [0.05, 0.1) is 23.8 Å². The van der Waals surface area contributed by atoms with Crippen molar-refractivity contribution < 1.29 is 14.4 Å². The molecule has 5 heteroatoms. The number of hydrogen-bond donors (Lipinski definition) is 1. The maximum absolute atomic E-state index is 12.2. The zero-order chi connectivity index (χ0) is 12.8. The molecule has 1 saturated heterocycles. The zero-order valence-corrected chi connectivity index (χ0v) is 10.6. The lowest BCUT2D eigenvalue weighted by atomic mass is 10.1. The summed E-state index contributed by atoms with van der Waals surface area (Å²) in [4.78, 5) is 14.1. The van der Waals surface area contributed by atoms with Crippen molar-refractivity contribution in [3.8, 4) is 0 Å². The lowest BCUT2D eigenvalue weighted by Crippen LogP contribution is -2.44. The minimum atomic E-state index is -0.608. The number of carbonyl (C=O) groups is 1. The molecule has 1 unspecified atom stereocenters.